The lowest BCUT2D eigenvalue weighted by molar-refractivity contribution is -0.118. The highest BCUT2D eigenvalue weighted by molar-refractivity contribution is 8.00. The molecule has 6 heteroatoms. The minimum absolute atomic E-state index is 0.0143. The maximum atomic E-state index is 12.7. The Morgan fingerprint density at radius 2 is 2.05 bits per heavy atom. The molecule has 112 valence electrons. The molecule has 0 atom stereocenters. The number of halogens is 1. The normalized spacial score (nSPS) is 10.5. The van der Waals surface area contributed by atoms with Gasteiger partial charge in [-0.2, -0.15) is 23.1 Å². The predicted molar refractivity (Wildman–Crippen MR) is 90.6 cm³/mol. The van der Waals surface area contributed by atoms with Gasteiger partial charge >= 0.3 is 0 Å². The zero-order valence-corrected chi connectivity index (χ0v) is 13.8. The number of amides is 1. The first kappa shape index (κ1) is 16.4. The first-order valence-electron chi connectivity index (χ1n) is 6.48. The number of hydrogen-bond acceptors (Lipinski definition) is 4. The predicted octanol–water partition coefficient (Wildman–Crippen LogP) is 4.03. The Bertz CT molecular complexity index is 543. The molecule has 2 aromatic rings. The second kappa shape index (κ2) is 9.12. The molecule has 0 aliphatic rings. The SMILES string of the molecule is O=C(CSc1ccc(F)cc1)NCCSCc1ccsc1. The Hall–Kier alpha value is -0.980. The lowest BCUT2D eigenvalue weighted by atomic mass is 10.4. The summed E-state index contributed by atoms with van der Waals surface area (Å²) in [5.41, 5.74) is 1.34. The number of carbonyl (C=O) groups is 1. The number of hydrogen-bond donors (Lipinski definition) is 1. The summed E-state index contributed by atoms with van der Waals surface area (Å²) in [6, 6.07) is 8.30. The van der Waals surface area contributed by atoms with Crippen molar-refractivity contribution in [1.82, 2.24) is 5.32 Å². The number of thioether (sulfide) groups is 2. The van der Waals surface area contributed by atoms with E-state index in [1.54, 1.807) is 23.5 Å². The van der Waals surface area contributed by atoms with Crippen LogP contribution in [0, 0.1) is 5.82 Å². The van der Waals surface area contributed by atoms with Crippen molar-refractivity contribution in [3.05, 3.63) is 52.5 Å². The molecule has 1 N–H and O–H groups in total. The zero-order chi connectivity index (χ0) is 14.9. The fourth-order valence-electron chi connectivity index (χ4n) is 1.56. The van der Waals surface area contributed by atoms with Gasteiger partial charge in [-0.05, 0) is 46.7 Å². The molecule has 0 saturated carbocycles. The van der Waals surface area contributed by atoms with Crippen molar-refractivity contribution in [2.75, 3.05) is 18.1 Å². The topological polar surface area (TPSA) is 29.1 Å². The van der Waals surface area contributed by atoms with Gasteiger partial charge in [0.2, 0.25) is 5.91 Å². The number of benzene rings is 1. The van der Waals surface area contributed by atoms with Crippen LogP contribution in [0.5, 0.6) is 0 Å². The van der Waals surface area contributed by atoms with Crippen LogP contribution < -0.4 is 5.32 Å². The first-order valence-corrected chi connectivity index (χ1v) is 9.56. The van der Waals surface area contributed by atoms with E-state index >= 15 is 0 Å². The highest BCUT2D eigenvalue weighted by Gasteiger charge is 2.02. The maximum absolute atomic E-state index is 12.7. The Morgan fingerprint density at radius 3 is 2.76 bits per heavy atom. The molecule has 2 rings (SSSR count). The molecule has 0 fully saturated rings. The van der Waals surface area contributed by atoms with Crippen LogP contribution in [0.4, 0.5) is 4.39 Å². The van der Waals surface area contributed by atoms with Crippen LogP contribution in [0.1, 0.15) is 5.56 Å². The highest BCUT2D eigenvalue weighted by atomic mass is 32.2. The van der Waals surface area contributed by atoms with E-state index in [2.05, 4.69) is 22.1 Å². The monoisotopic (exact) mass is 341 g/mol. The van der Waals surface area contributed by atoms with Gasteiger partial charge in [0.25, 0.3) is 0 Å². The van der Waals surface area contributed by atoms with Crippen molar-refractivity contribution in [2.24, 2.45) is 0 Å². The second-order valence-corrected chi connectivity index (χ2v) is 7.21. The summed E-state index contributed by atoms with van der Waals surface area (Å²) in [7, 11) is 0. The van der Waals surface area contributed by atoms with Crippen molar-refractivity contribution in [2.45, 2.75) is 10.6 Å². The molecule has 0 aliphatic carbocycles. The van der Waals surface area contributed by atoms with Gasteiger partial charge in [0.15, 0.2) is 0 Å². The molecular weight excluding hydrogens is 325 g/mol. The van der Waals surface area contributed by atoms with E-state index in [9.17, 15) is 9.18 Å². The van der Waals surface area contributed by atoms with E-state index in [4.69, 9.17) is 0 Å². The van der Waals surface area contributed by atoms with Crippen molar-refractivity contribution in [1.29, 1.82) is 0 Å². The van der Waals surface area contributed by atoms with E-state index in [-0.39, 0.29) is 11.7 Å². The number of carbonyl (C=O) groups excluding carboxylic acids is 1. The summed E-state index contributed by atoms with van der Waals surface area (Å²) in [5.74, 6) is 2.01. The molecule has 21 heavy (non-hydrogen) atoms. The zero-order valence-electron chi connectivity index (χ0n) is 11.4. The molecule has 1 aromatic heterocycles. The lowest BCUT2D eigenvalue weighted by Gasteiger charge is -2.05. The van der Waals surface area contributed by atoms with Crippen molar-refractivity contribution in [3.8, 4) is 0 Å². The number of rotatable bonds is 8. The molecule has 0 bridgehead atoms. The Kier molecular flexibility index (Phi) is 7.12. The Balaban J connectivity index is 1.54. The average Bonchev–Trinajstić information content (AvgIpc) is 2.99. The quantitative estimate of drug-likeness (QED) is 0.581. The summed E-state index contributed by atoms with van der Waals surface area (Å²) in [4.78, 5) is 12.6. The fourth-order valence-corrected chi connectivity index (χ4v) is 3.87. The molecule has 1 heterocycles. The van der Waals surface area contributed by atoms with Crippen molar-refractivity contribution >= 4 is 40.8 Å². The summed E-state index contributed by atoms with van der Waals surface area (Å²) < 4.78 is 12.7. The molecule has 0 saturated heterocycles. The lowest BCUT2D eigenvalue weighted by Crippen LogP contribution is -2.27. The van der Waals surface area contributed by atoms with Gasteiger partial charge in [0.05, 0.1) is 5.75 Å². The molecular formula is C15H16FNOS3. The molecule has 0 unspecified atom stereocenters. The molecule has 1 aromatic carbocycles. The van der Waals surface area contributed by atoms with E-state index in [0.29, 0.717) is 12.3 Å². The van der Waals surface area contributed by atoms with Crippen LogP contribution in [-0.2, 0) is 10.5 Å². The fraction of sp³-hybridized carbons (Fsp3) is 0.267. The molecule has 1 amide bonds. The van der Waals surface area contributed by atoms with E-state index in [0.717, 1.165) is 16.4 Å². The number of nitrogens with one attached hydrogen (secondary N) is 1. The third-order valence-electron chi connectivity index (χ3n) is 2.60. The third-order valence-corrected chi connectivity index (χ3v) is 5.38. The first-order chi connectivity index (χ1) is 10.2. The van der Waals surface area contributed by atoms with Gasteiger partial charge < -0.3 is 5.32 Å². The van der Waals surface area contributed by atoms with Crippen molar-refractivity contribution < 1.29 is 9.18 Å². The Morgan fingerprint density at radius 1 is 1.24 bits per heavy atom. The van der Waals surface area contributed by atoms with E-state index in [1.165, 1.54) is 29.5 Å². The van der Waals surface area contributed by atoms with Gasteiger partial charge in [-0.1, -0.05) is 0 Å². The van der Waals surface area contributed by atoms with Crippen LogP contribution in [0.25, 0.3) is 0 Å². The van der Waals surface area contributed by atoms with E-state index in [1.807, 2.05) is 11.8 Å². The molecule has 0 aliphatic heterocycles. The van der Waals surface area contributed by atoms with Gasteiger partial charge in [-0.3, -0.25) is 4.79 Å². The molecule has 0 spiro atoms. The average molecular weight is 341 g/mol. The van der Waals surface area contributed by atoms with Crippen LogP contribution in [0.15, 0.2) is 46.0 Å². The van der Waals surface area contributed by atoms with Crippen LogP contribution in [-0.4, -0.2) is 24.0 Å². The van der Waals surface area contributed by atoms with Crippen molar-refractivity contribution in [3.63, 3.8) is 0 Å². The smallest absolute Gasteiger partial charge is 0.230 e. The van der Waals surface area contributed by atoms with E-state index < -0.39 is 0 Å². The third kappa shape index (κ3) is 6.54. The van der Waals surface area contributed by atoms with Gasteiger partial charge in [0, 0.05) is 22.9 Å². The Labute approximate surface area is 136 Å². The largest absolute Gasteiger partial charge is 0.355 e. The maximum Gasteiger partial charge on any atom is 0.230 e. The van der Waals surface area contributed by atoms with Crippen LogP contribution in [0.2, 0.25) is 0 Å². The molecule has 0 radical (unpaired) electrons. The summed E-state index contributed by atoms with van der Waals surface area (Å²) in [6.07, 6.45) is 0. The summed E-state index contributed by atoms with van der Waals surface area (Å²) in [5, 5.41) is 7.11. The van der Waals surface area contributed by atoms with Gasteiger partial charge in [-0.25, -0.2) is 4.39 Å². The van der Waals surface area contributed by atoms with Crippen LogP contribution in [0.3, 0.4) is 0 Å². The van der Waals surface area contributed by atoms with Gasteiger partial charge in [-0.15, -0.1) is 11.8 Å². The second-order valence-electron chi connectivity index (χ2n) is 4.28. The standard InChI is InChI=1S/C15H16FNOS3/c16-13-1-3-14(4-2-13)21-11-15(18)17-6-8-20-10-12-5-7-19-9-12/h1-5,7,9H,6,8,10-11H2,(H,17,18). The summed E-state index contributed by atoms with van der Waals surface area (Å²) >= 11 is 4.93. The number of thiophene rings is 1. The summed E-state index contributed by atoms with van der Waals surface area (Å²) in [6.45, 7) is 0.678. The minimum Gasteiger partial charge on any atom is -0.355 e. The highest BCUT2D eigenvalue weighted by Crippen LogP contribution is 2.17. The van der Waals surface area contributed by atoms with Gasteiger partial charge in [0.1, 0.15) is 5.82 Å². The van der Waals surface area contributed by atoms with Crippen LogP contribution >= 0.6 is 34.9 Å². The minimum atomic E-state index is -0.258. The molecule has 2 nitrogen and oxygen atoms in total.